The molecule has 11 heteroatoms. The molecule has 10 nitrogen and oxygen atoms in total. The van der Waals surface area contributed by atoms with Crippen LogP contribution >= 0.6 is 0 Å². The fourth-order valence-corrected chi connectivity index (χ4v) is 4.73. The molecule has 3 rings (SSSR count). The standard InChI is InChI=1S/C22H26N2O8S/c1-10-18(27)16(12(3)25)20-17(19(10)28)22(4)14(32-20)9-13(26)15(21(22)29)11(2)23-7-8-33(30,31)24(5)6/h9,23,27-28H,7-8H2,1-6H3/t22-/m0/s1. The zero-order valence-corrected chi connectivity index (χ0v) is 20.0. The summed E-state index contributed by atoms with van der Waals surface area (Å²) >= 11 is 0. The van der Waals surface area contributed by atoms with Crippen molar-refractivity contribution in [2.75, 3.05) is 26.4 Å². The normalized spacial score (nSPS) is 21.4. The predicted octanol–water partition coefficient (Wildman–Crippen LogP) is 1.05. The number of aromatic hydroxyl groups is 2. The van der Waals surface area contributed by atoms with Gasteiger partial charge in [0.2, 0.25) is 10.0 Å². The van der Waals surface area contributed by atoms with Gasteiger partial charge >= 0.3 is 0 Å². The Hall–Kier alpha value is -3.18. The van der Waals surface area contributed by atoms with Crippen LogP contribution in [0.1, 0.15) is 42.3 Å². The lowest BCUT2D eigenvalue weighted by atomic mass is 9.70. The molecule has 1 heterocycles. The number of nitrogens with zero attached hydrogens (tertiary/aromatic N) is 1. The number of ketones is 3. The minimum Gasteiger partial charge on any atom is -0.507 e. The molecule has 0 spiro atoms. The first-order chi connectivity index (χ1) is 15.2. The van der Waals surface area contributed by atoms with Gasteiger partial charge in [0.25, 0.3) is 0 Å². The summed E-state index contributed by atoms with van der Waals surface area (Å²) in [6.45, 7) is 5.51. The van der Waals surface area contributed by atoms with Crippen LogP contribution in [-0.2, 0) is 25.0 Å². The van der Waals surface area contributed by atoms with Crippen molar-refractivity contribution in [3.8, 4) is 17.2 Å². The van der Waals surface area contributed by atoms with E-state index in [4.69, 9.17) is 4.74 Å². The number of carbonyl (C=O) groups excluding carboxylic acids is 3. The van der Waals surface area contributed by atoms with Crippen molar-refractivity contribution >= 4 is 27.4 Å². The maximum absolute atomic E-state index is 13.6. The van der Waals surface area contributed by atoms with Gasteiger partial charge in [-0.05, 0) is 27.7 Å². The van der Waals surface area contributed by atoms with Crippen molar-refractivity contribution in [2.45, 2.75) is 33.1 Å². The molecule has 1 aromatic carbocycles. The molecule has 178 valence electrons. The molecule has 1 aliphatic carbocycles. The number of benzene rings is 1. The van der Waals surface area contributed by atoms with Gasteiger partial charge in [-0.1, -0.05) is 0 Å². The number of hydrogen-bond donors (Lipinski definition) is 3. The Morgan fingerprint density at radius 3 is 2.33 bits per heavy atom. The van der Waals surface area contributed by atoms with E-state index in [9.17, 15) is 33.0 Å². The van der Waals surface area contributed by atoms with Gasteiger partial charge in [-0.3, -0.25) is 14.4 Å². The van der Waals surface area contributed by atoms with Gasteiger partial charge in [0.05, 0.1) is 16.9 Å². The molecule has 0 saturated carbocycles. The molecule has 0 radical (unpaired) electrons. The summed E-state index contributed by atoms with van der Waals surface area (Å²) in [6, 6.07) is 0. The predicted molar refractivity (Wildman–Crippen MR) is 119 cm³/mol. The maximum atomic E-state index is 13.6. The second kappa shape index (κ2) is 7.99. The van der Waals surface area contributed by atoms with Gasteiger partial charge in [-0.25, -0.2) is 12.7 Å². The van der Waals surface area contributed by atoms with E-state index in [0.717, 1.165) is 10.4 Å². The van der Waals surface area contributed by atoms with E-state index < -0.39 is 44.3 Å². The third-order valence-corrected chi connectivity index (χ3v) is 7.90. The number of rotatable bonds is 6. The Kier molecular flexibility index (Phi) is 5.93. The minimum absolute atomic E-state index is 0.00370. The van der Waals surface area contributed by atoms with Crippen molar-refractivity contribution in [1.82, 2.24) is 9.62 Å². The molecule has 1 aliphatic heterocycles. The molecule has 0 aromatic heterocycles. The fourth-order valence-electron chi connectivity index (χ4n) is 4.00. The summed E-state index contributed by atoms with van der Waals surface area (Å²) in [6.07, 6.45) is 1.11. The first-order valence-electron chi connectivity index (χ1n) is 10.1. The van der Waals surface area contributed by atoms with Crippen LogP contribution in [0.3, 0.4) is 0 Å². The van der Waals surface area contributed by atoms with Gasteiger partial charge in [-0.2, -0.15) is 0 Å². The van der Waals surface area contributed by atoms with E-state index in [1.165, 1.54) is 41.8 Å². The third kappa shape index (κ3) is 3.61. The molecule has 1 aromatic rings. The highest BCUT2D eigenvalue weighted by Gasteiger charge is 2.56. The topological polar surface area (TPSA) is 150 Å². The lowest BCUT2D eigenvalue weighted by Crippen LogP contribution is -2.41. The monoisotopic (exact) mass is 478 g/mol. The first kappa shape index (κ1) is 24.5. The van der Waals surface area contributed by atoms with Crippen molar-refractivity contribution in [3.05, 3.63) is 39.8 Å². The molecule has 0 saturated heterocycles. The maximum Gasteiger partial charge on any atom is 0.215 e. The third-order valence-electron chi connectivity index (χ3n) is 6.07. The highest BCUT2D eigenvalue weighted by Crippen LogP contribution is 2.57. The summed E-state index contributed by atoms with van der Waals surface area (Å²) in [5, 5.41) is 24.0. The Morgan fingerprint density at radius 1 is 1.18 bits per heavy atom. The smallest absolute Gasteiger partial charge is 0.215 e. The fraction of sp³-hybridized carbons (Fsp3) is 0.409. The number of fused-ring (bicyclic) bond motifs is 3. The highest BCUT2D eigenvalue weighted by molar-refractivity contribution is 7.89. The Balaban J connectivity index is 2.11. The summed E-state index contributed by atoms with van der Waals surface area (Å²) in [7, 11) is -0.680. The molecule has 1 atom stereocenters. The van der Waals surface area contributed by atoms with E-state index in [1.807, 2.05) is 0 Å². The lowest BCUT2D eigenvalue weighted by molar-refractivity contribution is -0.123. The number of allylic oxidation sites excluding steroid dienone is 4. The van der Waals surface area contributed by atoms with Crippen LogP contribution in [0.4, 0.5) is 0 Å². The zero-order chi connectivity index (χ0) is 25.0. The summed E-state index contributed by atoms with van der Waals surface area (Å²) < 4.78 is 30.7. The molecule has 2 aliphatic rings. The van der Waals surface area contributed by atoms with E-state index in [-0.39, 0.29) is 51.8 Å². The van der Waals surface area contributed by atoms with Crippen molar-refractivity contribution < 1.29 is 37.8 Å². The van der Waals surface area contributed by atoms with Gasteiger partial charge in [-0.15, -0.1) is 0 Å². The van der Waals surface area contributed by atoms with Crippen LogP contribution in [0.25, 0.3) is 0 Å². The highest BCUT2D eigenvalue weighted by atomic mass is 32.2. The van der Waals surface area contributed by atoms with E-state index in [0.29, 0.717) is 0 Å². The van der Waals surface area contributed by atoms with Crippen molar-refractivity contribution in [3.63, 3.8) is 0 Å². The number of phenolic OH excluding ortho intramolecular Hbond substituents is 2. The number of carbonyl (C=O) groups is 3. The minimum atomic E-state index is -3.49. The van der Waals surface area contributed by atoms with Gasteiger partial charge in [0, 0.05) is 38.0 Å². The van der Waals surface area contributed by atoms with Gasteiger partial charge in [0.1, 0.15) is 34.0 Å². The Bertz CT molecular complexity index is 1270. The van der Waals surface area contributed by atoms with Crippen LogP contribution < -0.4 is 10.1 Å². The second-order valence-electron chi connectivity index (χ2n) is 8.41. The second-order valence-corrected chi connectivity index (χ2v) is 10.7. The molecule has 0 fully saturated rings. The molecular weight excluding hydrogens is 452 g/mol. The Labute approximate surface area is 191 Å². The molecule has 0 bridgehead atoms. The van der Waals surface area contributed by atoms with Crippen LogP contribution in [0.15, 0.2) is 23.1 Å². The first-order valence-corrected chi connectivity index (χ1v) is 11.7. The van der Waals surface area contributed by atoms with E-state index in [1.54, 1.807) is 0 Å². The quantitative estimate of drug-likeness (QED) is 0.310. The summed E-state index contributed by atoms with van der Waals surface area (Å²) in [5.41, 5.74) is -1.85. The Morgan fingerprint density at radius 2 is 1.79 bits per heavy atom. The van der Waals surface area contributed by atoms with Gasteiger partial charge < -0.3 is 20.3 Å². The molecule has 0 amide bonds. The van der Waals surface area contributed by atoms with Crippen molar-refractivity contribution in [1.29, 1.82) is 0 Å². The average molecular weight is 479 g/mol. The number of phenols is 2. The van der Waals surface area contributed by atoms with Crippen LogP contribution in [0.5, 0.6) is 17.2 Å². The number of Topliss-reactive ketones (excluding diaryl/α,β-unsaturated/α-hetero) is 2. The molecule has 3 N–H and O–H groups in total. The average Bonchev–Trinajstić information content (AvgIpc) is 2.99. The van der Waals surface area contributed by atoms with E-state index in [2.05, 4.69) is 5.32 Å². The number of ether oxygens (including phenoxy) is 1. The van der Waals surface area contributed by atoms with Gasteiger partial charge in [0.15, 0.2) is 17.3 Å². The summed E-state index contributed by atoms with van der Waals surface area (Å²) in [5.74, 6) is -3.24. The molecule has 0 unspecified atom stereocenters. The van der Waals surface area contributed by atoms with Crippen LogP contribution in [0.2, 0.25) is 0 Å². The number of hydrogen-bond acceptors (Lipinski definition) is 9. The number of nitrogens with one attached hydrogen (secondary N) is 1. The molecule has 33 heavy (non-hydrogen) atoms. The zero-order valence-electron chi connectivity index (χ0n) is 19.2. The largest absolute Gasteiger partial charge is 0.507 e. The SMILES string of the molecule is CC(=O)c1c(O)c(C)c(O)c2c1OC1=CC(=O)C(=C(C)NCCS(=O)(=O)N(C)C)C(=O)[C@@]12C. The van der Waals surface area contributed by atoms with Crippen LogP contribution in [0, 0.1) is 6.92 Å². The lowest BCUT2D eigenvalue weighted by Gasteiger charge is -2.29. The molecular formula is C22H26N2O8S. The number of sulfonamides is 1. The summed E-state index contributed by atoms with van der Waals surface area (Å²) in [4.78, 5) is 38.6. The van der Waals surface area contributed by atoms with Crippen LogP contribution in [-0.4, -0.2) is 66.7 Å². The van der Waals surface area contributed by atoms with Crippen molar-refractivity contribution in [2.24, 2.45) is 0 Å². The van der Waals surface area contributed by atoms with E-state index >= 15 is 0 Å².